The van der Waals surface area contributed by atoms with Gasteiger partial charge in [0.1, 0.15) is 5.69 Å². The minimum Gasteiger partial charge on any atom is -0.391 e. The molecule has 0 unspecified atom stereocenters. The minimum absolute atomic E-state index is 0.0473. The summed E-state index contributed by atoms with van der Waals surface area (Å²) in [7, 11) is 0. The normalized spacial score (nSPS) is 14.8. The van der Waals surface area contributed by atoms with E-state index in [0.717, 1.165) is 25.9 Å². The Bertz CT molecular complexity index is 479. The van der Waals surface area contributed by atoms with Crippen molar-refractivity contribution in [2.75, 3.05) is 30.7 Å². The van der Waals surface area contributed by atoms with E-state index < -0.39 is 0 Å². The highest BCUT2D eigenvalue weighted by Crippen LogP contribution is 2.10. The number of carbonyl (C=O) groups excluding carboxylic acids is 1. The van der Waals surface area contributed by atoms with E-state index in [0.29, 0.717) is 18.8 Å². The number of rotatable bonds is 4. The summed E-state index contributed by atoms with van der Waals surface area (Å²) >= 11 is 0. The van der Waals surface area contributed by atoms with Crippen molar-refractivity contribution in [3.8, 4) is 0 Å². The van der Waals surface area contributed by atoms with E-state index in [2.05, 4.69) is 15.3 Å². The number of likely N-dealkylation sites (tertiary alicyclic amines) is 1. The molecule has 7 nitrogen and oxygen atoms in total. The molecule has 0 atom stereocenters. The highest BCUT2D eigenvalue weighted by molar-refractivity contribution is 5.77. The summed E-state index contributed by atoms with van der Waals surface area (Å²) in [6.45, 7) is 2.13. The summed E-state index contributed by atoms with van der Waals surface area (Å²) in [5.74, 6) is 0.455. The van der Waals surface area contributed by atoms with E-state index in [9.17, 15) is 9.59 Å². The molecule has 1 fully saturated rings. The fourth-order valence-electron chi connectivity index (χ4n) is 1.96. The molecule has 4 N–H and O–H groups in total. The van der Waals surface area contributed by atoms with E-state index in [1.54, 1.807) is 0 Å². The number of anilines is 2. The lowest BCUT2D eigenvalue weighted by Crippen LogP contribution is -2.29. The largest absolute Gasteiger partial charge is 0.391 e. The number of carbonyl (C=O) groups is 1. The van der Waals surface area contributed by atoms with Gasteiger partial charge in [0.05, 0.1) is 6.33 Å². The number of nitrogen functional groups attached to an aromatic ring is 1. The first-order valence-electron chi connectivity index (χ1n) is 6.03. The number of nitrogens with one attached hydrogen (secondary N) is 2. The number of hydrogen-bond acceptors (Lipinski definition) is 5. The molecule has 0 spiro atoms. The second kappa shape index (κ2) is 5.52. The van der Waals surface area contributed by atoms with Gasteiger partial charge >= 0.3 is 0 Å². The van der Waals surface area contributed by atoms with Crippen LogP contribution in [0.15, 0.2) is 11.1 Å². The maximum atomic E-state index is 11.8. The highest BCUT2D eigenvalue weighted by atomic mass is 16.2. The van der Waals surface area contributed by atoms with Gasteiger partial charge in [-0.15, -0.1) is 0 Å². The Kier molecular flexibility index (Phi) is 3.81. The number of aromatic amines is 1. The molecule has 1 aromatic rings. The number of amides is 1. The van der Waals surface area contributed by atoms with Gasteiger partial charge in [-0.25, -0.2) is 4.98 Å². The third-order valence-electron chi connectivity index (χ3n) is 2.98. The molecular weight excluding hydrogens is 234 g/mol. The van der Waals surface area contributed by atoms with Crippen molar-refractivity contribution in [1.29, 1.82) is 0 Å². The first kappa shape index (κ1) is 12.4. The lowest BCUT2D eigenvalue weighted by atomic mass is 10.3. The van der Waals surface area contributed by atoms with E-state index in [4.69, 9.17) is 5.73 Å². The third-order valence-corrected chi connectivity index (χ3v) is 2.98. The van der Waals surface area contributed by atoms with Gasteiger partial charge in [0.25, 0.3) is 5.56 Å². The maximum Gasteiger partial charge on any atom is 0.276 e. The number of H-pyrrole nitrogens is 1. The van der Waals surface area contributed by atoms with Gasteiger partial charge in [-0.2, -0.15) is 0 Å². The van der Waals surface area contributed by atoms with Crippen LogP contribution < -0.4 is 16.6 Å². The molecular formula is C11H17N5O2. The zero-order valence-electron chi connectivity index (χ0n) is 10.1. The lowest BCUT2D eigenvalue weighted by Gasteiger charge is -2.15. The zero-order chi connectivity index (χ0) is 13.0. The molecule has 0 saturated carbocycles. The average Bonchev–Trinajstić information content (AvgIpc) is 2.88. The van der Waals surface area contributed by atoms with Crippen LogP contribution in [-0.2, 0) is 4.79 Å². The standard InChI is InChI=1S/C11H17N5O2/c12-9-10(14-7-15-11(9)18)13-4-3-8(17)16-5-1-2-6-16/h7H,1-6,12H2,(H2,13,14,15,18). The summed E-state index contributed by atoms with van der Waals surface area (Å²) < 4.78 is 0. The number of hydrogen-bond donors (Lipinski definition) is 3. The Morgan fingerprint density at radius 1 is 1.50 bits per heavy atom. The number of nitrogens with zero attached hydrogens (tertiary/aromatic N) is 2. The van der Waals surface area contributed by atoms with Crippen LogP contribution in [0.4, 0.5) is 11.5 Å². The van der Waals surface area contributed by atoms with Crippen LogP contribution in [-0.4, -0.2) is 40.4 Å². The molecule has 7 heteroatoms. The quantitative estimate of drug-likeness (QED) is 0.686. The molecule has 1 aromatic heterocycles. The van der Waals surface area contributed by atoms with Crippen LogP contribution in [0.2, 0.25) is 0 Å². The Balaban J connectivity index is 1.83. The molecule has 1 saturated heterocycles. The van der Waals surface area contributed by atoms with Crippen molar-refractivity contribution in [2.24, 2.45) is 0 Å². The predicted octanol–water partition coefficient (Wildman–Crippen LogP) is -0.224. The van der Waals surface area contributed by atoms with Crippen molar-refractivity contribution in [1.82, 2.24) is 14.9 Å². The molecule has 1 aliphatic rings. The molecule has 1 amide bonds. The monoisotopic (exact) mass is 251 g/mol. The van der Waals surface area contributed by atoms with Crippen LogP contribution in [0, 0.1) is 0 Å². The molecule has 98 valence electrons. The third kappa shape index (κ3) is 2.79. The van der Waals surface area contributed by atoms with Gasteiger partial charge < -0.3 is 20.9 Å². The summed E-state index contributed by atoms with van der Waals surface area (Å²) in [6.07, 6.45) is 3.83. The molecule has 2 heterocycles. The molecule has 1 aliphatic heterocycles. The van der Waals surface area contributed by atoms with Crippen LogP contribution in [0.5, 0.6) is 0 Å². The molecule has 0 radical (unpaired) electrons. The van der Waals surface area contributed by atoms with Gasteiger partial charge in [0, 0.05) is 26.1 Å². The fourth-order valence-corrected chi connectivity index (χ4v) is 1.96. The van der Waals surface area contributed by atoms with Gasteiger partial charge in [-0.3, -0.25) is 9.59 Å². The second-order valence-electron chi connectivity index (χ2n) is 4.26. The number of nitrogens with two attached hydrogens (primary N) is 1. The molecule has 0 aliphatic carbocycles. The maximum absolute atomic E-state index is 11.8. The van der Waals surface area contributed by atoms with E-state index >= 15 is 0 Å². The smallest absolute Gasteiger partial charge is 0.276 e. The van der Waals surface area contributed by atoms with Crippen LogP contribution in [0.25, 0.3) is 0 Å². The summed E-state index contributed by atoms with van der Waals surface area (Å²) in [6, 6.07) is 0. The van der Waals surface area contributed by atoms with Crippen molar-refractivity contribution in [3.05, 3.63) is 16.7 Å². The van der Waals surface area contributed by atoms with Crippen molar-refractivity contribution in [3.63, 3.8) is 0 Å². The van der Waals surface area contributed by atoms with Crippen molar-refractivity contribution >= 4 is 17.4 Å². The summed E-state index contributed by atoms with van der Waals surface area (Å²) in [5.41, 5.74) is 5.23. The topological polar surface area (TPSA) is 104 Å². The van der Waals surface area contributed by atoms with E-state index in [1.807, 2.05) is 4.90 Å². The molecule has 18 heavy (non-hydrogen) atoms. The molecule has 0 bridgehead atoms. The van der Waals surface area contributed by atoms with E-state index in [1.165, 1.54) is 6.33 Å². The summed E-state index contributed by atoms with van der Waals surface area (Å²) in [4.78, 5) is 31.1. The first-order valence-corrected chi connectivity index (χ1v) is 6.03. The molecule has 0 aromatic carbocycles. The van der Waals surface area contributed by atoms with Crippen molar-refractivity contribution < 1.29 is 4.79 Å². The summed E-state index contributed by atoms with van der Waals surface area (Å²) in [5, 5.41) is 2.90. The highest BCUT2D eigenvalue weighted by Gasteiger charge is 2.17. The number of aromatic nitrogens is 2. The van der Waals surface area contributed by atoms with Crippen LogP contribution in [0.3, 0.4) is 0 Å². The first-order chi connectivity index (χ1) is 8.68. The van der Waals surface area contributed by atoms with E-state index in [-0.39, 0.29) is 17.2 Å². The van der Waals surface area contributed by atoms with Crippen LogP contribution in [0.1, 0.15) is 19.3 Å². The SMILES string of the molecule is Nc1c(NCCC(=O)N2CCCC2)nc[nH]c1=O. The zero-order valence-corrected chi connectivity index (χ0v) is 10.1. The Hall–Kier alpha value is -2.05. The fraction of sp³-hybridized carbons (Fsp3) is 0.545. The Morgan fingerprint density at radius 2 is 2.22 bits per heavy atom. The van der Waals surface area contributed by atoms with Gasteiger partial charge in [0.2, 0.25) is 5.91 Å². The van der Waals surface area contributed by atoms with Crippen LogP contribution >= 0.6 is 0 Å². The van der Waals surface area contributed by atoms with Crippen molar-refractivity contribution in [2.45, 2.75) is 19.3 Å². The molecule has 2 rings (SSSR count). The predicted molar refractivity (Wildman–Crippen MR) is 68.2 cm³/mol. The minimum atomic E-state index is -0.377. The second-order valence-corrected chi connectivity index (χ2v) is 4.26. The lowest BCUT2D eigenvalue weighted by molar-refractivity contribution is -0.129. The van der Waals surface area contributed by atoms with Gasteiger partial charge in [-0.1, -0.05) is 0 Å². The van der Waals surface area contributed by atoms with Gasteiger partial charge in [0.15, 0.2) is 5.82 Å². The Morgan fingerprint density at radius 3 is 2.94 bits per heavy atom. The van der Waals surface area contributed by atoms with Gasteiger partial charge in [-0.05, 0) is 12.8 Å². The Labute approximate surface area is 104 Å². The average molecular weight is 251 g/mol.